The van der Waals surface area contributed by atoms with Gasteiger partial charge in [-0.1, -0.05) is 59.2 Å². The quantitative estimate of drug-likeness (QED) is 0.226. The molecular formula is C27H40N2OS. The van der Waals surface area contributed by atoms with E-state index < -0.39 is 0 Å². The number of aliphatic hydroxyl groups excluding tert-OH is 1. The van der Waals surface area contributed by atoms with Gasteiger partial charge in [-0.05, 0) is 96.1 Å². The van der Waals surface area contributed by atoms with Crippen molar-refractivity contribution in [3.05, 3.63) is 76.9 Å². The van der Waals surface area contributed by atoms with Gasteiger partial charge in [0.25, 0.3) is 0 Å². The molecule has 0 aromatic heterocycles. The van der Waals surface area contributed by atoms with Crippen LogP contribution in [-0.2, 0) is 0 Å². The maximum atomic E-state index is 9.64. The molecule has 0 aliphatic carbocycles. The van der Waals surface area contributed by atoms with Crippen LogP contribution in [0, 0.1) is 0 Å². The van der Waals surface area contributed by atoms with Crippen molar-refractivity contribution in [2.75, 3.05) is 18.5 Å². The highest BCUT2D eigenvalue weighted by molar-refractivity contribution is 7.80. The summed E-state index contributed by atoms with van der Waals surface area (Å²) in [6.45, 7) is 9.47. The van der Waals surface area contributed by atoms with Crippen LogP contribution in [0.25, 0.3) is 0 Å². The minimum Gasteiger partial charge on any atom is -0.392 e. The Hall–Kier alpha value is -2.17. The lowest BCUT2D eigenvalue weighted by atomic mass is 10.0. The van der Waals surface area contributed by atoms with Crippen molar-refractivity contribution in [2.45, 2.75) is 66.2 Å². The number of hydrogen-bond donors (Lipinski definition) is 3. The summed E-state index contributed by atoms with van der Waals surface area (Å²) >= 11 is 5.32. The smallest absolute Gasteiger partial charge is 0.171 e. The van der Waals surface area contributed by atoms with Crippen LogP contribution >= 0.6 is 12.2 Å². The highest BCUT2D eigenvalue weighted by Crippen LogP contribution is 2.13. The second-order valence-corrected chi connectivity index (χ2v) is 8.63. The van der Waals surface area contributed by atoms with Crippen molar-refractivity contribution >= 4 is 23.0 Å². The first-order valence-corrected chi connectivity index (χ1v) is 11.6. The first-order valence-electron chi connectivity index (χ1n) is 11.2. The van der Waals surface area contributed by atoms with Crippen LogP contribution in [0.15, 0.2) is 76.9 Å². The molecule has 3 nitrogen and oxygen atoms in total. The van der Waals surface area contributed by atoms with Crippen LogP contribution in [0.1, 0.15) is 66.2 Å². The second kappa shape index (κ2) is 16.5. The van der Waals surface area contributed by atoms with Gasteiger partial charge < -0.3 is 15.7 Å². The molecule has 0 radical (unpaired) electrons. The average molecular weight is 441 g/mol. The molecule has 4 heteroatoms. The molecule has 0 aliphatic rings. The lowest BCUT2D eigenvalue weighted by Crippen LogP contribution is -2.28. The molecule has 31 heavy (non-hydrogen) atoms. The van der Waals surface area contributed by atoms with Gasteiger partial charge in [-0.25, -0.2) is 0 Å². The van der Waals surface area contributed by atoms with E-state index >= 15 is 0 Å². The van der Waals surface area contributed by atoms with Gasteiger partial charge in [-0.2, -0.15) is 0 Å². The van der Waals surface area contributed by atoms with E-state index in [4.69, 9.17) is 12.2 Å². The van der Waals surface area contributed by atoms with Crippen LogP contribution in [-0.4, -0.2) is 23.4 Å². The van der Waals surface area contributed by atoms with E-state index in [0.717, 1.165) is 49.8 Å². The highest BCUT2D eigenvalue weighted by Gasteiger charge is 1.98. The number of aliphatic hydroxyl groups is 1. The van der Waals surface area contributed by atoms with Crippen molar-refractivity contribution < 1.29 is 5.11 Å². The summed E-state index contributed by atoms with van der Waals surface area (Å²) in [5.74, 6) is 0. The highest BCUT2D eigenvalue weighted by atomic mass is 32.1. The topological polar surface area (TPSA) is 44.3 Å². The van der Waals surface area contributed by atoms with Crippen LogP contribution in [0.3, 0.4) is 0 Å². The molecule has 1 aromatic carbocycles. The monoisotopic (exact) mass is 440 g/mol. The first-order chi connectivity index (χ1) is 14.9. The van der Waals surface area contributed by atoms with Crippen LogP contribution in [0.5, 0.6) is 0 Å². The fraction of sp³-hybridized carbons (Fsp3) is 0.444. The predicted octanol–water partition coefficient (Wildman–Crippen LogP) is 7.09. The molecule has 0 saturated heterocycles. The Balaban J connectivity index is 2.29. The molecule has 1 rings (SSSR count). The van der Waals surface area contributed by atoms with E-state index in [1.54, 1.807) is 0 Å². The Labute approximate surface area is 195 Å². The summed E-state index contributed by atoms with van der Waals surface area (Å²) in [5, 5.41) is 16.6. The number of rotatable bonds is 13. The molecule has 3 N–H and O–H groups in total. The zero-order valence-corrected chi connectivity index (χ0v) is 20.5. The van der Waals surface area contributed by atoms with E-state index in [2.05, 4.69) is 62.6 Å². The normalized spacial score (nSPS) is 12.5. The van der Waals surface area contributed by atoms with Gasteiger partial charge in [0.2, 0.25) is 0 Å². The maximum absolute atomic E-state index is 9.64. The Morgan fingerprint density at radius 1 is 0.839 bits per heavy atom. The van der Waals surface area contributed by atoms with Gasteiger partial charge in [-0.15, -0.1) is 0 Å². The molecule has 0 atom stereocenters. The second-order valence-electron chi connectivity index (χ2n) is 8.22. The number of hydrogen-bond acceptors (Lipinski definition) is 2. The zero-order valence-electron chi connectivity index (χ0n) is 19.7. The number of benzene rings is 1. The molecule has 0 amide bonds. The number of para-hydroxylation sites is 1. The lowest BCUT2D eigenvalue weighted by Gasteiger charge is -2.09. The molecule has 0 heterocycles. The molecule has 1 aromatic rings. The Morgan fingerprint density at radius 2 is 1.45 bits per heavy atom. The lowest BCUT2D eigenvalue weighted by molar-refractivity contribution is 0.326. The minimum atomic E-state index is 0.147. The van der Waals surface area contributed by atoms with E-state index in [1.807, 2.05) is 30.3 Å². The largest absolute Gasteiger partial charge is 0.392 e. The van der Waals surface area contributed by atoms with Crippen LogP contribution < -0.4 is 10.6 Å². The predicted molar refractivity (Wildman–Crippen MR) is 140 cm³/mol. The van der Waals surface area contributed by atoms with E-state index in [9.17, 15) is 5.11 Å². The van der Waals surface area contributed by atoms with Crippen molar-refractivity contribution in [2.24, 2.45) is 0 Å². The maximum Gasteiger partial charge on any atom is 0.171 e. The van der Waals surface area contributed by atoms with E-state index in [1.165, 1.54) is 16.7 Å². The van der Waals surface area contributed by atoms with Crippen molar-refractivity contribution in [1.82, 2.24) is 5.32 Å². The summed E-state index contributed by atoms with van der Waals surface area (Å²) in [5.41, 5.74) is 6.25. The SMILES string of the molecule is CC(C)=CCC/C(C)=C/CC/C(=C\CC/C(C)=C/CNC(=S)Nc1ccccc1)CO. The number of thiocarbonyl (C=S) groups is 1. The molecule has 0 unspecified atom stereocenters. The van der Waals surface area contributed by atoms with Crippen molar-refractivity contribution in [1.29, 1.82) is 0 Å². The first kappa shape index (κ1) is 26.9. The van der Waals surface area contributed by atoms with Crippen LogP contribution in [0.4, 0.5) is 5.69 Å². The fourth-order valence-electron chi connectivity index (χ4n) is 3.06. The van der Waals surface area contributed by atoms with Crippen molar-refractivity contribution in [3.8, 4) is 0 Å². The molecule has 0 aliphatic heterocycles. The minimum absolute atomic E-state index is 0.147. The van der Waals surface area contributed by atoms with Gasteiger partial charge in [0.1, 0.15) is 0 Å². The molecule has 0 bridgehead atoms. The number of nitrogens with one attached hydrogen (secondary N) is 2. The number of allylic oxidation sites excluding steroid dienone is 6. The summed E-state index contributed by atoms with van der Waals surface area (Å²) in [7, 11) is 0. The van der Waals surface area contributed by atoms with Gasteiger partial charge in [0.15, 0.2) is 5.11 Å². The zero-order chi connectivity index (χ0) is 22.9. The fourth-order valence-corrected chi connectivity index (χ4v) is 3.26. The van der Waals surface area contributed by atoms with Gasteiger partial charge >= 0.3 is 0 Å². The third kappa shape index (κ3) is 14.5. The van der Waals surface area contributed by atoms with E-state index in [0.29, 0.717) is 11.7 Å². The number of anilines is 1. The average Bonchev–Trinajstić information content (AvgIpc) is 2.73. The van der Waals surface area contributed by atoms with Crippen LogP contribution in [0.2, 0.25) is 0 Å². The Morgan fingerprint density at radius 3 is 2.10 bits per heavy atom. The molecular weight excluding hydrogens is 400 g/mol. The summed E-state index contributed by atoms with van der Waals surface area (Å²) in [4.78, 5) is 0. The Bertz CT molecular complexity index is 772. The summed E-state index contributed by atoms with van der Waals surface area (Å²) in [6.07, 6.45) is 15.1. The molecule has 0 fully saturated rings. The van der Waals surface area contributed by atoms with Gasteiger partial charge in [0.05, 0.1) is 6.61 Å². The van der Waals surface area contributed by atoms with Crippen molar-refractivity contribution in [3.63, 3.8) is 0 Å². The van der Waals surface area contributed by atoms with E-state index in [-0.39, 0.29) is 6.61 Å². The summed E-state index contributed by atoms with van der Waals surface area (Å²) in [6, 6.07) is 9.91. The third-order valence-corrected chi connectivity index (χ3v) is 5.22. The van der Waals surface area contributed by atoms with Gasteiger partial charge in [0, 0.05) is 12.2 Å². The molecule has 0 spiro atoms. The molecule has 170 valence electrons. The molecule has 0 saturated carbocycles. The standard InChI is InChI=1S/C27H40N2OS/c1-22(2)11-8-12-23(3)13-9-15-25(21-30)16-10-14-24(4)19-20-28-27(31)29-26-17-6-5-7-18-26/h5-7,11,13,16-19,30H,8-10,12,14-15,20-21H2,1-4H3,(H2,28,29,31)/b23-13+,24-19+,25-16+. The Kier molecular flexibility index (Phi) is 14.3. The van der Waals surface area contributed by atoms with Gasteiger partial charge in [-0.3, -0.25) is 0 Å². The summed E-state index contributed by atoms with van der Waals surface area (Å²) < 4.78 is 0. The third-order valence-electron chi connectivity index (χ3n) is 4.97.